The van der Waals surface area contributed by atoms with E-state index in [9.17, 15) is 9.59 Å². The summed E-state index contributed by atoms with van der Waals surface area (Å²) in [6, 6.07) is 7.63. The molecule has 0 spiro atoms. The van der Waals surface area contributed by atoms with Gasteiger partial charge in [-0.05, 0) is 25.1 Å². The van der Waals surface area contributed by atoms with Crippen molar-refractivity contribution in [1.29, 1.82) is 0 Å². The fraction of sp³-hybridized carbons (Fsp3) is 0.267. The third kappa shape index (κ3) is 2.71. The van der Waals surface area contributed by atoms with E-state index in [4.69, 9.17) is 9.47 Å². The fourth-order valence-corrected chi connectivity index (χ4v) is 3.09. The number of cyclic esters (lactones) is 1. The molecule has 6 nitrogen and oxygen atoms in total. The number of benzene rings is 1. The number of hydrogen-bond acceptors (Lipinski definition) is 6. The van der Waals surface area contributed by atoms with Gasteiger partial charge in [0.15, 0.2) is 5.16 Å². The number of esters is 2. The largest absolute Gasteiger partial charge is 0.463 e. The predicted molar refractivity (Wildman–Crippen MR) is 81.4 cm³/mol. The molecule has 0 radical (unpaired) electrons. The lowest BCUT2D eigenvalue weighted by molar-refractivity contribution is -0.168. The smallest absolute Gasteiger partial charge is 0.355 e. The predicted octanol–water partition coefficient (Wildman–Crippen LogP) is 2.07. The van der Waals surface area contributed by atoms with E-state index in [0.29, 0.717) is 5.16 Å². The molecule has 7 heteroatoms. The van der Waals surface area contributed by atoms with Gasteiger partial charge in [0.1, 0.15) is 0 Å². The first-order chi connectivity index (χ1) is 10.6. The molecule has 0 saturated heterocycles. The Morgan fingerprint density at radius 3 is 2.95 bits per heavy atom. The van der Waals surface area contributed by atoms with Gasteiger partial charge in [0.25, 0.3) is 0 Å². The number of carbonyl (C=O) groups excluding carboxylic acids is 2. The number of para-hydroxylation sites is 2. The van der Waals surface area contributed by atoms with Crippen LogP contribution in [0.2, 0.25) is 0 Å². The summed E-state index contributed by atoms with van der Waals surface area (Å²) in [6.07, 6.45) is 2.69. The van der Waals surface area contributed by atoms with Crippen molar-refractivity contribution in [1.82, 2.24) is 9.97 Å². The van der Waals surface area contributed by atoms with Crippen LogP contribution in [0, 0.1) is 0 Å². The highest BCUT2D eigenvalue weighted by atomic mass is 32.2. The van der Waals surface area contributed by atoms with E-state index in [0.717, 1.165) is 11.0 Å². The maximum atomic E-state index is 12.1. The van der Waals surface area contributed by atoms with Crippen LogP contribution >= 0.6 is 11.8 Å². The molecule has 3 rings (SSSR count). The van der Waals surface area contributed by atoms with Gasteiger partial charge in [0, 0.05) is 6.08 Å². The van der Waals surface area contributed by atoms with Crippen molar-refractivity contribution in [2.24, 2.45) is 0 Å². The van der Waals surface area contributed by atoms with E-state index < -0.39 is 17.5 Å². The molecular formula is C15H14N2O4S. The van der Waals surface area contributed by atoms with Crippen LogP contribution in [0.4, 0.5) is 0 Å². The SMILES string of the molecule is CCOC(=O)C1(CSc2nc3ccccc3[nH]2)C=CC(=O)O1. The molecule has 1 unspecified atom stereocenters. The second kappa shape index (κ2) is 5.84. The Balaban J connectivity index is 1.78. The quantitative estimate of drug-likeness (QED) is 0.671. The zero-order valence-corrected chi connectivity index (χ0v) is 12.7. The first kappa shape index (κ1) is 14.6. The molecule has 2 aromatic rings. The van der Waals surface area contributed by atoms with E-state index in [1.54, 1.807) is 6.92 Å². The summed E-state index contributed by atoms with van der Waals surface area (Å²) < 4.78 is 10.2. The van der Waals surface area contributed by atoms with Gasteiger partial charge in [-0.15, -0.1) is 0 Å². The summed E-state index contributed by atoms with van der Waals surface area (Å²) in [4.78, 5) is 31.1. The number of H-pyrrole nitrogens is 1. The molecule has 1 atom stereocenters. The minimum absolute atomic E-state index is 0.202. The molecule has 1 N–H and O–H groups in total. The highest BCUT2D eigenvalue weighted by Gasteiger charge is 2.45. The van der Waals surface area contributed by atoms with E-state index in [2.05, 4.69) is 9.97 Å². The van der Waals surface area contributed by atoms with Crippen LogP contribution in [0.5, 0.6) is 0 Å². The Morgan fingerprint density at radius 1 is 1.45 bits per heavy atom. The van der Waals surface area contributed by atoms with Gasteiger partial charge in [-0.1, -0.05) is 23.9 Å². The maximum Gasteiger partial charge on any atom is 0.355 e. The van der Waals surface area contributed by atoms with Crippen molar-refractivity contribution in [2.75, 3.05) is 12.4 Å². The van der Waals surface area contributed by atoms with Crippen LogP contribution in [0.3, 0.4) is 0 Å². The van der Waals surface area contributed by atoms with Gasteiger partial charge in [0.05, 0.1) is 23.4 Å². The topological polar surface area (TPSA) is 81.3 Å². The third-order valence-corrected chi connectivity index (χ3v) is 4.22. The minimum atomic E-state index is -1.38. The molecule has 0 fully saturated rings. The minimum Gasteiger partial charge on any atom is -0.463 e. The molecule has 2 heterocycles. The van der Waals surface area contributed by atoms with Crippen molar-refractivity contribution >= 4 is 34.7 Å². The van der Waals surface area contributed by atoms with Gasteiger partial charge in [-0.25, -0.2) is 14.6 Å². The molecule has 1 aliphatic heterocycles. The molecular weight excluding hydrogens is 304 g/mol. The zero-order valence-electron chi connectivity index (χ0n) is 11.9. The van der Waals surface area contributed by atoms with Crippen molar-refractivity contribution < 1.29 is 19.1 Å². The molecule has 0 amide bonds. The summed E-state index contributed by atoms with van der Waals surface area (Å²) in [6.45, 7) is 1.93. The Hall–Kier alpha value is -2.28. The summed E-state index contributed by atoms with van der Waals surface area (Å²) in [5, 5.41) is 0.654. The second-order valence-electron chi connectivity index (χ2n) is 4.71. The van der Waals surface area contributed by atoms with Crippen LogP contribution in [0.25, 0.3) is 11.0 Å². The molecule has 1 aromatic carbocycles. The lowest BCUT2D eigenvalue weighted by Crippen LogP contribution is -2.42. The molecule has 0 bridgehead atoms. The lowest BCUT2D eigenvalue weighted by Gasteiger charge is -2.23. The van der Waals surface area contributed by atoms with Gasteiger partial charge in [0.2, 0.25) is 5.60 Å². The molecule has 1 aliphatic rings. The molecule has 22 heavy (non-hydrogen) atoms. The number of rotatable bonds is 5. The number of imidazole rings is 1. The van der Waals surface area contributed by atoms with Gasteiger partial charge in [-0.3, -0.25) is 0 Å². The fourth-order valence-electron chi connectivity index (χ4n) is 2.12. The van der Waals surface area contributed by atoms with Crippen molar-refractivity contribution in [3.05, 3.63) is 36.4 Å². The number of ether oxygens (including phenoxy) is 2. The number of aromatic nitrogens is 2. The number of hydrogen-bond donors (Lipinski definition) is 1. The van der Waals surface area contributed by atoms with E-state index in [1.165, 1.54) is 23.9 Å². The highest BCUT2D eigenvalue weighted by molar-refractivity contribution is 7.99. The van der Waals surface area contributed by atoms with Crippen LogP contribution < -0.4 is 0 Å². The second-order valence-corrected chi connectivity index (χ2v) is 5.68. The van der Waals surface area contributed by atoms with Gasteiger partial charge in [-0.2, -0.15) is 0 Å². The normalized spacial score (nSPS) is 20.3. The Morgan fingerprint density at radius 2 is 2.27 bits per heavy atom. The molecule has 1 aromatic heterocycles. The van der Waals surface area contributed by atoms with Crippen LogP contribution in [0.15, 0.2) is 41.6 Å². The average Bonchev–Trinajstić information content (AvgIpc) is 3.09. The Kier molecular flexibility index (Phi) is 3.89. The van der Waals surface area contributed by atoms with Crippen molar-refractivity contribution in [2.45, 2.75) is 17.7 Å². The Labute approximate surface area is 130 Å². The number of thioether (sulfide) groups is 1. The number of nitrogens with zero attached hydrogens (tertiary/aromatic N) is 1. The van der Waals surface area contributed by atoms with Gasteiger partial charge >= 0.3 is 11.9 Å². The molecule has 0 aliphatic carbocycles. The summed E-state index contributed by atoms with van der Waals surface area (Å²) in [5.74, 6) is -0.910. The standard InChI is InChI=1S/C15H14N2O4S/c1-2-20-13(19)15(8-7-12(18)21-15)9-22-14-16-10-5-3-4-6-11(10)17-14/h3-8H,2,9H2,1H3,(H,16,17). The first-order valence-electron chi connectivity index (χ1n) is 6.80. The van der Waals surface area contributed by atoms with Gasteiger partial charge < -0.3 is 14.5 Å². The third-order valence-electron chi connectivity index (χ3n) is 3.18. The number of aromatic amines is 1. The number of fused-ring (bicyclic) bond motifs is 1. The zero-order chi connectivity index (χ0) is 15.6. The van der Waals surface area contributed by atoms with Crippen molar-refractivity contribution in [3.63, 3.8) is 0 Å². The monoisotopic (exact) mass is 318 g/mol. The van der Waals surface area contributed by atoms with E-state index in [1.807, 2.05) is 24.3 Å². The Bertz CT molecular complexity index is 722. The van der Waals surface area contributed by atoms with Crippen LogP contribution in [-0.4, -0.2) is 39.9 Å². The summed E-state index contributed by atoms with van der Waals surface area (Å²) >= 11 is 1.30. The summed E-state index contributed by atoms with van der Waals surface area (Å²) in [5.41, 5.74) is 0.375. The average molecular weight is 318 g/mol. The maximum absolute atomic E-state index is 12.1. The lowest BCUT2D eigenvalue weighted by atomic mass is 10.1. The van der Waals surface area contributed by atoms with E-state index >= 15 is 0 Å². The van der Waals surface area contributed by atoms with Crippen molar-refractivity contribution in [3.8, 4) is 0 Å². The van der Waals surface area contributed by atoms with Crippen LogP contribution in [0.1, 0.15) is 6.92 Å². The van der Waals surface area contributed by atoms with E-state index in [-0.39, 0.29) is 12.4 Å². The molecule has 0 saturated carbocycles. The van der Waals surface area contributed by atoms with Crippen LogP contribution in [-0.2, 0) is 19.1 Å². The first-order valence-corrected chi connectivity index (χ1v) is 7.78. The number of nitrogens with one attached hydrogen (secondary N) is 1. The highest BCUT2D eigenvalue weighted by Crippen LogP contribution is 2.30. The number of carbonyl (C=O) groups is 2. The summed E-state index contributed by atoms with van der Waals surface area (Å²) in [7, 11) is 0. The molecule has 114 valence electrons.